The number of ether oxygens (including phenoxy) is 1. The minimum atomic E-state index is -0.210. The summed E-state index contributed by atoms with van der Waals surface area (Å²) in [4.78, 5) is 25.2. The van der Waals surface area contributed by atoms with E-state index < -0.39 is 0 Å². The maximum atomic E-state index is 13.2. The highest BCUT2D eigenvalue weighted by atomic mass is 79.9. The van der Waals surface area contributed by atoms with Crippen molar-refractivity contribution in [2.24, 2.45) is 0 Å². The van der Waals surface area contributed by atoms with Crippen LogP contribution in [0.2, 0.25) is 0 Å². The molecule has 11 nitrogen and oxygen atoms in total. The highest BCUT2D eigenvalue weighted by molar-refractivity contribution is 9.10. The number of rotatable bonds is 10. The number of hydrogen-bond donors (Lipinski definition) is 1. The molecule has 1 aromatic carbocycles. The van der Waals surface area contributed by atoms with Crippen molar-refractivity contribution in [3.05, 3.63) is 51.1 Å². The lowest BCUT2D eigenvalue weighted by Gasteiger charge is -2.09. The Bertz CT molecular complexity index is 1530. The average Bonchev–Trinajstić information content (AvgIpc) is 3.60. The van der Waals surface area contributed by atoms with Gasteiger partial charge in [0.1, 0.15) is 11.6 Å². The largest absolute Gasteiger partial charge is 0.497 e. The molecule has 0 bridgehead atoms. The second kappa shape index (κ2) is 9.98. The lowest BCUT2D eigenvalue weighted by Crippen LogP contribution is -2.21. The standard InChI is InChI=1S/C23H25BrN8O3/c1-3-4-5-12-31-20-18(26-22(24)27-20)21(33)32-16(28-29-23(31)32)10-7-11-17-25-19(30-35-17)14-8-6-9-15(13-14)34-2/h6,8-9,13H,3-5,7,10-12H2,1-2H3,(H,26,27). The SMILES string of the molecule is CCCCCn1c2nc(Br)[nH]c2c(=O)n2c(CCCc3nc(-c4cccc(OC)c4)no3)nnc12. The van der Waals surface area contributed by atoms with Crippen LogP contribution in [0.1, 0.15) is 44.3 Å². The molecule has 0 aliphatic heterocycles. The fraction of sp³-hybridized carbons (Fsp3) is 0.391. The molecule has 4 aromatic heterocycles. The van der Waals surface area contributed by atoms with Crippen molar-refractivity contribution < 1.29 is 9.26 Å². The van der Waals surface area contributed by atoms with Crippen LogP contribution in [-0.2, 0) is 19.4 Å². The van der Waals surface area contributed by atoms with E-state index in [-0.39, 0.29) is 5.56 Å². The van der Waals surface area contributed by atoms with E-state index in [2.05, 4.69) is 53.2 Å². The third-order valence-corrected chi connectivity index (χ3v) is 6.23. The molecule has 0 saturated carbocycles. The highest BCUT2D eigenvalue weighted by Crippen LogP contribution is 2.22. The number of H-pyrrole nitrogens is 1. The molecule has 0 amide bonds. The second-order valence-electron chi connectivity index (χ2n) is 8.24. The van der Waals surface area contributed by atoms with E-state index in [9.17, 15) is 4.79 Å². The number of aryl methyl sites for hydroxylation is 3. The van der Waals surface area contributed by atoms with Gasteiger partial charge in [0, 0.05) is 24.9 Å². The van der Waals surface area contributed by atoms with E-state index in [1.165, 1.54) is 0 Å². The van der Waals surface area contributed by atoms with Gasteiger partial charge in [-0.3, -0.25) is 9.36 Å². The van der Waals surface area contributed by atoms with Crippen LogP contribution in [0.5, 0.6) is 5.75 Å². The van der Waals surface area contributed by atoms with E-state index in [1.807, 2.05) is 28.8 Å². The van der Waals surface area contributed by atoms with Gasteiger partial charge in [0.2, 0.25) is 17.5 Å². The lowest BCUT2D eigenvalue weighted by molar-refractivity contribution is 0.375. The number of imidazole rings is 1. The number of fused-ring (bicyclic) bond motifs is 2. The van der Waals surface area contributed by atoms with Crippen molar-refractivity contribution >= 4 is 32.9 Å². The van der Waals surface area contributed by atoms with Crippen molar-refractivity contribution in [2.45, 2.75) is 52.0 Å². The van der Waals surface area contributed by atoms with Gasteiger partial charge in [0.05, 0.1) is 7.11 Å². The van der Waals surface area contributed by atoms with Gasteiger partial charge in [-0.25, -0.2) is 9.38 Å². The van der Waals surface area contributed by atoms with Gasteiger partial charge in [-0.05, 0) is 40.9 Å². The summed E-state index contributed by atoms with van der Waals surface area (Å²) in [6, 6.07) is 7.50. The van der Waals surface area contributed by atoms with E-state index in [0.717, 1.165) is 30.6 Å². The van der Waals surface area contributed by atoms with Crippen LogP contribution in [0, 0.1) is 0 Å². The molecule has 4 heterocycles. The Labute approximate surface area is 208 Å². The smallest absolute Gasteiger partial charge is 0.286 e. The maximum absolute atomic E-state index is 13.2. The molecule has 5 aromatic rings. The Morgan fingerprint density at radius 2 is 2.03 bits per heavy atom. The molecule has 182 valence electrons. The number of methoxy groups -OCH3 is 1. The van der Waals surface area contributed by atoms with Crippen LogP contribution in [0.4, 0.5) is 0 Å². The predicted octanol–water partition coefficient (Wildman–Crippen LogP) is 3.95. The minimum absolute atomic E-state index is 0.210. The van der Waals surface area contributed by atoms with Gasteiger partial charge < -0.3 is 14.2 Å². The number of nitrogens with zero attached hydrogens (tertiary/aromatic N) is 7. The average molecular weight is 541 g/mol. The van der Waals surface area contributed by atoms with Gasteiger partial charge in [-0.2, -0.15) is 4.98 Å². The van der Waals surface area contributed by atoms with Gasteiger partial charge >= 0.3 is 0 Å². The van der Waals surface area contributed by atoms with Crippen LogP contribution in [-0.4, -0.2) is 46.4 Å². The molecule has 0 spiro atoms. The lowest BCUT2D eigenvalue weighted by atomic mass is 10.2. The van der Waals surface area contributed by atoms with Gasteiger partial charge in [-0.1, -0.05) is 37.1 Å². The molecule has 0 atom stereocenters. The molecular weight excluding hydrogens is 516 g/mol. The van der Waals surface area contributed by atoms with Crippen molar-refractivity contribution in [3.63, 3.8) is 0 Å². The number of hydrogen-bond acceptors (Lipinski definition) is 8. The fourth-order valence-corrected chi connectivity index (χ4v) is 4.46. The Balaban J connectivity index is 1.37. The monoisotopic (exact) mass is 540 g/mol. The summed E-state index contributed by atoms with van der Waals surface area (Å²) in [5.74, 6) is 2.86. The first-order valence-corrected chi connectivity index (χ1v) is 12.4. The Morgan fingerprint density at radius 1 is 1.14 bits per heavy atom. The predicted molar refractivity (Wildman–Crippen MR) is 132 cm³/mol. The first kappa shape index (κ1) is 23.2. The molecule has 0 aliphatic carbocycles. The molecule has 5 rings (SSSR count). The first-order chi connectivity index (χ1) is 17.1. The number of aromatic nitrogens is 8. The third-order valence-electron chi connectivity index (χ3n) is 5.86. The summed E-state index contributed by atoms with van der Waals surface area (Å²) in [6.45, 7) is 2.86. The number of aromatic amines is 1. The van der Waals surface area contributed by atoms with Gasteiger partial charge in [-0.15, -0.1) is 10.2 Å². The quantitative estimate of drug-likeness (QED) is 0.208. The minimum Gasteiger partial charge on any atom is -0.497 e. The molecule has 0 fully saturated rings. The Kier molecular flexibility index (Phi) is 6.62. The van der Waals surface area contributed by atoms with Crippen molar-refractivity contribution in [1.29, 1.82) is 0 Å². The second-order valence-corrected chi connectivity index (χ2v) is 8.99. The van der Waals surface area contributed by atoms with E-state index in [0.29, 0.717) is 65.0 Å². The molecule has 1 N–H and O–H groups in total. The number of halogens is 1. The molecule has 0 unspecified atom stereocenters. The van der Waals surface area contributed by atoms with E-state index in [4.69, 9.17) is 9.26 Å². The van der Waals surface area contributed by atoms with Crippen LogP contribution in [0.25, 0.3) is 28.3 Å². The van der Waals surface area contributed by atoms with E-state index in [1.54, 1.807) is 11.5 Å². The molecule has 0 aliphatic rings. The molecule has 0 saturated heterocycles. The number of unbranched alkanes of at least 4 members (excludes halogenated alkanes) is 2. The molecule has 0 radical (unpaired) electrons. The van der Waals surface area contributed by atoms with Crippen LogP contribution >= 0.6 is 15.9 Å². The summed E-state index contributed by atoms with van der Waals surface area (Å²) in [7, 11) is 1.62. The zero-order chi connectivity index (χ0) is 24.4. The summed E-state index contributed by atoms with van der Waals surface area (Å²) in [6.07, 6.45) is 4.88. The summed E-state index contributed by atoms with van der Waals surface area (Å²) < 4.78 is 14.7. The zero-order valence-corrected chi connectivity index (χ0v) is 21.1. The molecule has 35 heavy (non-hydrogen) atoms. The van der Waals surface area contributed by atoms with Crippen molar-refractivity contribution in [1.82, 2.24) is 39.3 Å². The number of nitrogens with one attached hydrogen (secondary N) is 1. The molecular formula is C23H25BrN8O3. The summed E-state index contributed by atoms with van der Waals surface area (Å²) in [5, 5.41) is 12.8. The van der Waals surface area contributed by atoms with Gasteiger partial charge in [0.25, 0.3) is 5.56 Å². The first-order valence-electron chi connectivity index (χ1n) is 11.6. The van der Waals surface area contributed by atoms with Crippen LogP contribution in [0.15, 0.2) is 38.3 Å². The van der Waals surface area contributed by atoms with Crippen LogP contribution in [0.3, 0.4) is 0 Å². The highest BCUT2D eigenvalue weighted by Gasteiger charge is 2.19. The van der Waals surface area contributed by atoms with Crippen LogP contribution < -0.4 is 10.3 Å². The van der Waals surface area contributed by atoms with Gasteiger partial charge in [0.15, 0.2) is 15.9 Å². The molecule has 12 heteroatoms. The summed E-state index contributed by atoms with van der Waals surface area (Å²) in [5.41, 5.74) is 1.63. The maximum Gasteiger partial charge on any atom is 0.286 e. The third kappa shape index (κ3) is 4.57. The normalized spacial score (nSPS) is 11.6. The zero-order valence-electron chi connectivity index (χ0n) is 19.5. The van der Waals surface area contributed by atoms with Crippen molar-refractivity contribution in [3.8, 4) is 17.1 Å². The Morgan fingerprint density at radius 3 is 2.86 bits per heavy atom. The fourth-order valence-electron chi connectivity index (χ4n) is 4.10. The summed E-state index contributed by atoms with van der Waals surface area (Å²) >= 11 is 3.35. The van der Waals surface area contributed by atoms with E-state index >= 15 is 0 Å². The Hall–Kier alpha value is -3.54. The number of benzene rings is 1. The van der Waals surface area contributed by atoms with Crippen molar-refractivity contribution in [2.75, 3.05) is 7.11 Å². The topological polar surface area (TPSA) is 129 Å².